The van der Waals surface area contributed by atoms with Crippen LogP contribution in [0.15, 0.2) is 21.3 Å². The van der Waals surface area contributed by atoms with E-state index in [4.69, 9.17) is 4.18 Å². The van der Waals surface area contributed by atoms with Crippen LogP contribution in [0.4, 0.5) is 13.2 Å². The number of hydrogen-bond donors (Lipinski definition) is 0. The highest BCUT2D eigenvalue weighted by atomic mass is 32.2. The third kappa shape index (κ3) is 3.86. The van der Waals surface area contributed by atoms with Crippen molar-refractivity contribution in [3.05, 3.63) is 34.3 Å². The van der Waals surface area contributed by atoms with Crippen molar-refractivity contribution in [2.45, 2.75) is 37.6 Å². The van der Waals surface area contributed by atoms with Crippen LogP contribution in [0.3, 0.4) is 0 Å². The van der Waals surface area contributed by atoms with E-state index in [0.29, 0.717) is 25.7 Å². The third-order valence-corrected chi connectivity index (χ3v) is 5.27. The summed E-state index contributed by atoms with van der Waals surface area (Å²) in [6.45, 7) is -0.0199. The Morgan fingerprint density at radius 3 is 2.78 bits per heavy atom. The number of fused-ring (bicyclic) bond motifs is 1. The molecule has 3 rings (SSSR count). The van der Waals surface area contributed by atoms with E-state index in [0.717, 1.165) is 29.4 Å². The second-order valence-electron chi connectivity index (χ2n) is 5.43. The van der Waals surface area contributed by atoms with Crippen LogP contribution in [0, 0.1) is 12.7 Å². The first-order valence-electron chi connectivity index (χ1n) is 7.76. The van der Waals surface area contributed by atoms with Gasteiger partial charge in [-0.05, 0) is 25.5 Å². The second kappa shape index (κ2) is 7.72. The largest absolute Gasteiger partial charge is 0.384 e. The number of hydrogen-bond acceptors (Lipinski definition) is 7. The molecule has 0 unspecified atom stereocenters. The molecule has 0 amide bonds. The predicted octanol–water partition coefficient (Wildman–Crippen LogP) is 3.84. The number of benzene rings is 1. The van der Waals surface area contributed by atoms with Crippen molar-refractivity contribution in [1.82, 2.24) is 19.3 Å². The zero-order chi connectivity index (χ0) is 19.7. The number of rotatable bonds is 6. The third-order valence-electron chi connectivity index (χ3n) is 3.50. The standard InChI is InChI=1S/C15H13F3N4O3S2/c1-3-4-12(23)25-27-14-19-9-6-10(8(16)5-11(9)26-14)22-15(24)21(13(17)18)7(2)20-22/h5-6,13H,3-4H2,1-2H3. The lowest BCUT2D eigenvalue weighted by atomic mass is 10.3. The zero-order valence-corrected chi connectivity index (χ0v) is 15.7. The maximum absolute atomic E-state index is 14.4. The Hall–Kier alpha value is -2.34. The topological polar surface area (TPSA) is 79.0 Å². The van der Waals surface area contributed by atoms with Crippen LogP contribution in [0.2, 0.25) is 0 Å². The number of aromatic nitrogens is 4. The molecule has 0 bridgehead atoms. The molecule has 7 nitrogen and oxygen atoms in total. The number of thiazole rings is 1. The van der Waals surface area contributed by atoms with Gasteiger partial charge in [0.05, 0.1) is 10.2 Å². The normalized spacial score (nSPS) is 11.5. The summed E-state index contributed by atoms with van der Waals surface area (Å²) >= 11 is 1.86. The minimum Gasteiger partial charge on any atom is -0.384 e. The molecule has 0 saturated carbocycles. The van der Waals surface area contributed by atoms with Gasteiger partial charge in [-0.2, -0.15) is 13.5 Å². The fourth-order valence-electron chi connectivity index (χ4n) is 2.30. The van der Waals surface area contributed by atoms with Gasteiger partial charge in [-0.25, -0.2) is 18.7 Å². The van der Waals surface area contributed by atoms with E-state index in [2.05, 4.69) is 10.1 Å². The van der Waals surface area contributed by atoms with Crippen molar-refractivity contribution >= 4 is 39.6 Å². The lowest BCUT2D eigenvalue weighted by Crippen LogP contribution is -2.25. The van der Waals surface area contributed by atoms with Crippen LogP contribution < -0.4 is 5.69 Å². The lowest BCUT2D eigenvalue weighted by Gasteiger charge is -2.01. The van der Waals surface area contributed by atoms with Crippen LogP contribution in [0.25, 0.3) is 15.9 Å². The van der Waals surface area contributed by atoms with Crippen molar-refractivity contribution in [1.29, 1.82) is 0 Å². The molecule has 0 aliphatic heterocycles. The van der Waals surface area contributed by atoms with Gasteiger partial charge < -0.3 is 4.18 Å². The number of carbonyl (C=O) groups is 1. The monoisotopic (exact) mass is 418 g/mol. The minimum absolute atomic E-state index is 0.166. The van der Waals surface area contributed by atoms with Gasteiger partial charge in [0.25, 0.3) is 0 Å². The average molecular weight is 418 g/mol. The molecule has 2 heterocycles. The number of carbonyl (C=O) groups excluding carboxylic acids is 1. The smallest absolute Gasteiger partial charge is 0.355 e. The molecule has 0 saturated heterocycles. The van der Waals surface area contributed by atoms with E-state index in [1.165, 1.54) is 13.0 Å². The first-order valence-corrected chi connectivity index (χ1v) is 9.31. The van der Waals surface area contributed by atoms with Crippen molar-refractivity contribution in [2.75, 3.05) is 0 Å². The Kier molecular flexibility index (Phi) is 5.56. The molecule has 0 aliphatic rings. The van der Waals surface area contributed by atoms with E-state index in [1.807, 2.05) is 6.92 Å². The van der Waals surface area contributed by atoms with Crippen molar-refractivity contribution in [3.63, 3.8) is 0 Å². The Morgan fingerprint density at radius 1 is 1.41 bits per heavy atom. The molecule has 0 atom stereocenters. The molecule has 0 fully saturated rings. The summed E-state index contributed by atoms with van der Waals surface area (Å²) in [7, 11) is 0. The van der Waals surface area contributed by atoms with Crippen LogP contribution in [-0.2, 0) is 8.98 Å². The molecule has 144 valence electrons. The Balaban J connectivity index is 1.97. The molecular weight excluding hydrogens is 405 g/mol. The second-order valence-corrected chi connectivity index (χ2v) is 7.44. The summed E-state index contributed by atoms with van der Waals surface area (Å²) in [5.74, 6) is -1.45. The quantitative estimate of drug-likeness (QED) is 0.566. The van der Waals surface area contributed by atoms with Gasteiger partial charge in [0, 0.05) is 6.42 Å². The maximum atomic E-state index is 14.4. The number of aryl methyl sites for hydroxylation is 1. The summed E-state index contributed by atoms with van der Waals surface area (Å²) in [4.78, 5) is 27.7. The van der Waals surface area contributed by atoms with Crippen LogP contribution >= 0.6 is 23.4 Å². The van der Waals surface area contributed by atoms with E-state index in [1.54, 1.807) is 0 Å². The fraction of sp³-hybridized carbons (Fsp3) is 0.333. The van der Waals surface area contributed by atoms with E-state index >= 15 is 0 Å². The average Bonchev–Trinajstić information content (AvgIpc) is 3.12. The number of halogens is 3. The summed E-state index contributed by atoms with van der Waals surface area (Å²) in [5.41, 5.74) is -1.12. The zero-order valence-electron chi connectivity index (χ0n) is 14.1. The van der Waals surface area contributed by atoms with Gasteiger partial charge >= 0.3 is 18.2 Å². The first-order chi connectivity index (χ1) is 12.8. The molecule has 27 heavy (non-hydrogen) atoms. The van der Waals surface area contributed by atoms with Gasteiger partial charge in [-0.3, -0.25) is 4.79 Å². The highest BCUT2D eigenvalue weighted by Crippen LogP contribution is 2.32. The Morgan fingerprint density at radius 2 is 2.15 bits per heavy atom. The fourth-order valence-corrected chi connectivity index (χ4v) is 3.89. The van der Waals surface area contributed by atoms with Crippen molar-refractivity contribution in [2.24, 2.45) is 0 Å². The molecular formula is C15H13F3N4O3S2. The molecule has 3 aromatic rings. The summed E-state index contributed by atoms with van der Waals surface area (Å²) < 4.78 is 46.9. The lowest BCUT2D eigenvalue weighted by molar-refractivity contribution is -0.133. The maximum Gasteiger partial charge on any atom is 0.355 e. The van der Waals surface area contributed by atoms with E-state index in [-0.39, 0.29) is 22.5 Å². The SMILES string of the molecule is CCCC(=O)OSc1nc2cc(-n3nc(C)n(C(F)F)c3=O)c(F)cc2s1. The van der Waals surface area contributed by atoms with Crippen molar-refractivity contribution in [3.8, 4) is 5.69 Å². The predicted molar refractivity (Wildman–Crippen MR) is 93.8 cm³/mol. The highest BCUT2D eigenvalue weighted by Gasteiger charge is 2.21. The molecule has 0 N–H and O–H groups in total. The van der Waals surface area contributed by atoms with Crippen LogP contribution in [0.5, 0.6) is 0 Å². The minimum atomic E-state index is -3.09. The van der Waals surface area contributed by atoms with Gasteiger partial charge in [0.1, 0.15) is 23.6 Å². The molecule has 0 radical (unpaired) electrons. The van der Waals surface area contributed by atoms with Crippen LogP contribution in [-0.4, -0.2) is 25.3 Å². The number of nitrogens with zero attached hydrogens (tertiary/aromatic N) is 4. The van der Waals surface area contributed by atoms with Gasteiger partial charge in [0.15, 0.2) is 10.2 Å². The van der Waals surface area contributed by atoms with Gasteiger partial charge in [-0.15, -0.1) is 16.4 Å². The molecule has 0 aliphatic carbocycles. The van der Waals surface area contributed by atoms with Gasteiger partial charge in [-0.1, -0.05) is 6.92 Å². The molecule has 0 spiro atoms. The molecule has 2 aromatic heterocycles. The summed E-state index contributed by atoms with van der Waals surface area (Å²) in [6.07, 6.45) is 0.916. The van der Waals surface area contributed by atoms with Crippen LogP contribution in [0.1, 0.15) is 32.1 Å². The summed E-state index contributed by atoms with van der Waals surface area (Å²) in [6, 6.07) is 2.37. The van der Waals surface area contributed by atoms with Gasteiger partial charge in [0.2, 0.25) is 0 Å². The Bertz CT molecular complexity index is 1060. The molecule has 1 aromatic carbocycles. The highest BCUT2D eigenvalue weighted by molar-refractivity contribution is 7.97. The van der Waals surface area contributed by atoms with E-state index < -0.39 is 24.0 Å². The van der Waals surface area contributed by atoms with Crippen molar-refractivity contribution < 1.29 is 22.1 Å². The first kappa shape index (κ1) is 19.4. The number of alkyl halides is 2. The van der Waals surface area contributed by atoms with E-state index in [9.17, 15) is 22.8 Å². The summed E-state index contributed by atoms with van der Waals surface area (Å²) in [5, 5.41) is 3.70. The molecule has 12 heteroatoms. The Labute approximate surface area is 159 Å².